The van der Waals surface area contributed by atoms with Crippen LogP contribution in [0.2, 0.25) is 0 Å². The molecule has 1 aromatic rings. The molecule has 1 atom stereocenters. The number of nitrogens with two attached hydrogens (primary N) is 2. The van der Waals surface area contributed by atoms with Gasteiger partial charge in [-0.15, -0.1) is 0 Å². The normalized spacial score (nSPS) is 12.0. The van der Waals surface area contributed by atoms with Gasteiger partial charge in [-0.3, -0.25) is 4.79 Å². The van der Waals surface area contributed by atoms with Crippen LogP contribution in [0.25, 0.3) is 0 Å². The van der Waals surface area contributed by atoms with E-state index in [2.05, 4.69) is 0 Å². The number of ether oxygens (including phenoxy) is 2. The second-order valence-electron chi connectivity index (χ2n) is 3.31. The average molecular weight is 224 g/mol. The van der Waals surface area contributed by atoms with E-state index in [-0.39, 0.29) is 12.6 Å². The van der Waals surface area contributed by atoms with Gasteiger partial charge in [0.2, 0.25) is 0 Å². The predicted molar refractivity (Wildman–Crippen MR) is 60.3 cm³/mol. The number of carbonyl (C=O) groups excluding carboxylic acids is 1. The molecule has 0 aromatic heterocycles. The van der Waals surface area contributed by atoms with Crippen LogP contribution in [0.15, 0.2) is 18.2 Å². The molecule has 0 spiro atoms. The lowest BCUT2D eigenvalue weighted by Crippen LogP contribution is -2.22. The van der Waals surface area contributed by atoms with Crippen LogP contribution in [0.3, 0.4) is 0 Å². The highest BCUT2D eigenvalue weighted by atomic mass is 16.6. The third kappa shape index (κ3) is 2.71. The van der Waals surface area contributed by atoms with Gasteiger partial charge in [0.05, 0.1) is 7.11 Å². The van der Waals surface area contributed by atoms with E-state index >= 15 is 0 Å². The van der Waals surface area contributed by atoms with Gasteiger partial charge in [0.1, 0.15) is 0 Å². The molecular formula is C11H16N2O3. The SMILES string of the molecule is COc1cccc([C@@H](N)CN)c1OC(C)=O. The number of rotatable bonds is 4. The van der Waals surface area contributed by atoms with Gasteiger partial charge in [-0.25, -0.2) is 0 Å². The van der Waals surface area contributed by atoms with Gasteiger partial charge in [0.15, 0.2) is 11.5 Å². The van der Waals surface area contributed by atoms with E-state index in [0.29, 0.717) is 17.1 Å². The highest BCUT2D eigenvalue weighted by Gasteiger charge is 2.16. The first-order chi connectivity index (χ1) is 7.60. The summed E-state index contributed by atoms with van der Waals surface area (Å²) in [6.45, 7) is 1.59. The summed E-state index contributed by atoms with van der Waals surface area (Å²) in [6, 6.07) is 4.85. The highest BCUT2D eigenvalue weighted by Crippen LogP contribution is 2.33. The molecular weight excluding hydrogens is 208 g/mol. The van der Waals surface area contributed by atoms with Gasteiger partial charge in [0.25, 0.3) is 0 Å². The Balaban J connectivity index is 3.19. The zero-order valence-electron chi connectivity index (χ0n) is 9.40. The van der Waals surface area contributed by atoms with Crippen molar-refractivity contribution in [2.24, 2.45) is 11.5 Å². The van der Waals surface area contributed by atoms with Crippen molar-refractivity contribution in [3.05, 3.63) is 23.8 Å². The number of esters is 1. The van der Waals surface area contributed by atoms with E-state index in [0.717, 1.165) is 0 Å². The van der Waals surface area contributed by atoms with Crippen molar-refractivity contribution in [2.45, 2.75) is 13.0 Å². The fourth-order valence-corrected chi connectivity index (χ4v) is 1.37. The molecule has 5 heteroatoms. The molecule has 16 heavy (non-hydrogen) atoms. The minimum atomic E-state index is -0.421. The third-order valence-corrected chi connectivity index (χ3v) is 2.13. The molecule has 5 nitrogen and oxygen atoms in total. The monoisotopic (exact) mass is 224 g/mol. The van der Waals surface area contributed by atoms with Crippen LogP contribution in [0.1, 0.15) is 18.5 Å². The maximum atomic E-state index is 11.0. The summed E-state index contributed by atoms with van der Waals surface area (Å²) >= 11 is 0. The quantitative estimate of drug-likeness (QED) is 0.577. The predicted octanol–water partition coefficient (Wildman–Crippen LogP) is 0.579. The smallest absolute Gasteiger partial charge is 0.308 e. The summed E-state index contributed by atoms with van der Waals surface area (Å²) in [5, 5.41) is 0. The Bertz CT molecular complexity index is 379. The number of benzene rings is 1. The lowest BCUT2D eigenvalue weighted by atomic mass is 10.1. The third-order valence-electron chi connectivity index (χ3n) is 2.13. The Hall–Kier alpha value is -1.59. The van der Waals surface area contributed by atoms with E-state index in [1.54, 1.807) is 18.2 Å². The van der Waals surface area contributed by atoms with E-state index < -0.39 is 5.97 Å². The Kier molecular flexibility index (Phi) is 4.28. The van der Waals surface area contributed by atoms with Gasteiger partial charge in [-0.05, 0) is 6.07 Å². The largest absolute Gasteiger partial charge is 0.493 e. The number of hydrogen-bond acceptors (Lipinski definition) is 5. The van der Waals surface area contributed by atoms with Crippen molar-refractivity contribution in [3.63, 3.8) is 0 Å². The number of methoxy groups -OCH3 is 1. The van der Waals surface area contributed by atoms with Crippen molar-refractivity contribution in [3.8, 4) is 11.5 Å². The van der Waals surface area contributed by atoms with Gasteiger partial charge < -0.3 is 20.9 Å². The minimum Gasteiger partial charge on any atom is -0.493 e. The van der Waals surface area contributed by atoms with E-state index in [1.165, 1.54) is 14.0 Å². The average Bonchev–Trinajstić information content (AvgIpc) is 2.27. The first-order valence-corrected chi connectivity index (χ1v) is 4.91. The Labute approximate surface area is 94.3 Å². The molecule has 0 aliphatic rings. The van der Waals surface area contributed by atoms with Crippen LogP contribution < -0.4 is 20.9 Å². The van der Waals surface area contributed by atoms with Gasteiger partial charge in [0, 0.05) is 25.1 Å². The second kappa shape index (κ2) is 5.48. The van der Waals surface area contributed by atoms with Gasteiger partial charge in [-0.2, -0.15) is 0 Å². The van der Waals surface area contributed by atoms with Crippen LogP contribution in [0.5, 0.6) is 11.5 Å². The summed E-state index contributed by atoms with van der Waals surface area (Å²) in [5.74, 6) is 0.391. The molecule has 0 aliphatic carbocycles. The highest BCUT2D eigenvalue weighted by molar-refractivity contribution is 5.71. The van der Waals surface area contributed by atoms with Crippen LogP contribution in [-0.2, 0) is 4.79 Å². The van der Waals surface area contributed by atoms with Crippen LogP contribution in [-0.4, -0.2) is 19.6 Å². The summed E-state index contributed by atoms with van der Waals surface area (Å²) in [5.41, 5.74) is 12.0. The number of hydrogen-bond donors (Lipinski definition) is 2. The van der Waals surface area contributed by atoms with Crippen molar-refractivity contribution in [2.75, 3.05) is 13.7 Å². The molecule has 88 valence electrons. The lowest BCUT2D eigenvalue weighted by molar-refractivity contribution is -0.132. The minimum absolute atomic E-state index is 0.265. The van der Waals surface area contributed by atoms with Crippen LogP contribution in [0.4, 0.5) is 0 Å². The van der Waals surface area contributed by atoms with E-state index in [4.69, 9.17) is 20.9 Å². The molecule has 0 saturated heterocycles. The topological polar surface area (TPSA) is 87.6 Å². The molecule has 0 unspecified atom stereocenters. The van der Waals surface area contributed by atoms with Crippen LogP contribution in [0, 0.1) is 0 Å². The molecule has 0 bridgehead atoms. The molecule has 0 saturated carbocycles. The Morgan fingerprint density at radius 1 is 1.50 bits per heavy atom. The van der Waals surface area contributed by atoms with Crippen molar-refractivity contribution >= 4 is 5.97 Å². The second-order valence-corrected chi connectivity index (χ2v) is 3.31. The summed E-state index contributed by atoms with van der Waals surface area (Å²) < 4.78 is 10.2. The first kappa shape index (κ1) is 12.5. The molecule has 1 aromatic carbocycles. The first-order valence-electron chi connectivity index (χ1n) is 4.91. The zero-order valence-corrected chi connectivity index (χ0v) is 9.40. The van der Waals surface area contributed by atoms with Gasteiger partial charge in [-0.1, -0.05) is 12.1 Å². The lowest BCUT2D eigenvalue weighted by Gasteiger charge is -2.16. The maximum Gasteiger partial charge on any atom is 0.308 e. The maximum absolute atomic E-state index is 11.0. The van der Waals surface area contributed by atoms with Gasteiger partial charge >= 0.3 is 5.97 Å². The standard InChI is InChI=1S/C11H16N2O3/c1-7(14)16-11-8(9(13)6-12)4-3-5-10(11)15-2/h3-5,9H,6,12-13H2,1-2H3/t9-/m0/s1. The fraction of sp³-hybridized carbons (Fsp3) is 0.364. The molecule has 0 radical (unpaired) electrons. The Morgan fingerprint density at radius 3 is 2.69 bits per heavy atom. The summed E-state index contributed by atoms with van der Waals surface area (Å²) in [7, 11) is 1.50. The van der Waals surface area contributed by atoms with Crippen molar-refractivity contribution in [1.29, 1.82) is 0 Å². The molecule has 0 aliphatic heterocycles. The molecule has 1 rings (SSSR count). The van der Waals surface area contributed by atoms with E-state index in [1.807, 2.05) is 0 Å². The van der Waals surface area contributed by atoms with Crippen molar-refractivity contribution in [1.82, 2.24) is 0 Å². The molecule has 0 fully saturated rings. The molecule has 0 heterocycles. The summed E-state index contributed by atoms with van der Waals surface area (Å²) in [6.07, 6.45) is 0. The fourth-order valence-electron chi connectivity index (χ4n) is 1.37. The zero-order chi connectivity index (χ0) is 12.1. The number of carbonyl (C=O) groups is 1. The number of para-hydroxylation sites is 1. The molecule has 4 N–H and O–H groups in total. The Morgan fingerprint density at radius 2 is 2.19 bits per heavy atom. The van der Waals surface area contributed by atoms with Crippen LogP contribution >= 0.6 is 0 Å². The van der Waals surface area contributed by atoms with E-state index in [9.17, 15) is 4.79 Å². The summed E-state index contributed by atoms with van der Waals surface area (Å²) in [4.78, 5) is 11.0. The van der Waals surface area contributed by atoms with Crippen molar-refractivity contribution < 1.29 is 14.3 Å². The molecule has 0 amide bonds.